The zero-order valence-electron chi connectivity index (χ0n) is 22.4. The van der Waals surface area contributed by atoms with Gasteiger partial charge in [-0.2, -0.15) is 0 Å². The second-order valence-electron chi connectivity index (χ2n) is 8.85. The molecular weight excluding hydrogens is 504 g/mol. The van der Waals surface area contributed by atoms with Crippen LogP contribution in [0.5, 0.6) is 17.2 Å². The summed E-state index contributed by atoms with van der Waals surface area (Å²) >= 11 is 1.26. The van der Waals surface area contributed by atoms with Crippen LogP contribution in [0.25, 0.3) is 6.08 Å². The smallest absolute Gasteiger partial charge is 0.338 e. The first kappa shape index (κ1) is 27.2. The van der Waals surface area contributed by atoms with Crippen molar-refractivity contribution in [3.63, 3.8) is 0 Å². The summed E-state index contributed by atoms with van der Waals surface area (Å²) in [6, 6.07) is 12.2. The van der Waals surface area contributed by atoms with Crippen LogP contribution >= 0.6 is 11.3 Å². The highest BCUT2D eigenvalue weighted by Crippen LogP contribution is 2.36. The van der Waals surface area contributed by atoms with E-state index in [2.05, 4.69) is 4.99 Å². The molecule has 0 amide bonds. The fourth-order valence-electron chi connectivity index (χ4n) is 4.34. The first-order valence-corrected chi connectivity index (χ1v) is 13.4. The van der Waals surface area contributed by atoms with Gasteiger partial charge in [-0.1, -0.05) is 35.6 Å². The summed E-state index contributed by atoms with van der Waals surface area (Å²) in [5, 5.41) is 0. The first-order chi connectivity index (χ1) is 18.3. The van der Waals surface area contributed by atoms with Crippen molar-refractivity contribution in [3.05, 3.63) is 84.5 Å². The van der Waals surface area contributed by atoms with E-state index in [0.717, 1.165) is 5.56 Å². The van der Waals surface area contributed by atoms with Crippen LogP contribution in [0.1, 0.15) is 51.8 Å². The number of carbonyl (C=O) groups is 1. The number of fused-ring (bicyclic) bond motifs is 1. The molecule has 1 aliphatic heterocycles. The number of benzene rings is 2. The van der Waals surface area contributed by atoms with Crippen molar-refractivity contribution in [3.8, 4) is 17.2 Å². The lowest BCUT2D eigenvalue weighted by atomic mass is 9.95. The van der Waals surface area contributed by atoms with Gasteiger partial charge in [0.15, 0.2) is 16.3 Å². The monoisotopic (exact) mass is 536 g/mol. The molecule has 1 aliphatic rings. The molecule has 200 valence electrons. The van der Waals surface area contributed by atoms with Crippen LogP contribution in [0.15, 0.2) is 63.5 Å². The minimum Gasteiger partial charge on any atom is -0.493 e. The van der Waals surface area contributed by atoms with Crippen LogP contribution in [0.4, 0.5) is 0 Å². The van der Waals surface area contributed by atoms with E-state index in [1.165, 1.54) is 11.3 Å². The zero-order valence-corrected chi connectivity index (χ0v) is 23.3. The number of para-hydroxylation sites is 1. The van der Waals surface area contributed by atoms with E-state index in [0.29, 0.717) is 50.0 Å². The molecule has 0 saturated carbocycles. The number of allylic oxidation sites excluding steroid dienone is 1. The Kier molecular flexibility index (Phi) is 8.36. The standard InChI is InChI=1S/C29H32N2O6S/c1-7-35-21-12-10-9-11-19(21)16-24-27(32)31-26(20-13-14-22(37-17(3)4)23(15-20)34-6)25(28(33)36-8-2)18(5)30-29(31)38-24/h9-17,26H,7-8H2,1-6H3/b24-16+/t26-/m1/s1. The molecule has 9 heteroatoms. The summed E-state index contributed by atoms with van der Waals surface area (Å²) in [5.41, 5.74) is 2.00. The largest absolute Gasteiger partial charge is 0.493 e. The van der Waals surface area contributed by atoms with Crippen LogP contribution in [0, 0.1) is 0 Å². The van der Waals surface area contributed by atoms with Crippen molar-refractivity contribution in [1.29, 1.82) is 0 Å². The molecule has 0 spiro atoms. The highest BCUT2D eigenvalue weighted by Gasteiger charge is 2.34. The van der Waals surface area contributed by atoms with Crippen LogP contribution in [-0.2, 0) is 9.53 Å². The minimum absolute atomic E-state index is 0.0516. The lowest BCUT2D eigenvalue weighted by Gasteiger charge is -2.25. The third kappa shape index (κ3) is 5.38. The fraction of sp³-hybridized carbons (Fsp3) is 0.345. The molecule has 2 aromatic carbocycles. The van der Waals surface area contributed by atoms with E-state index >= 15 is 0 Å². The molecule has 38 heavy (non-hydrogen) atoms. The van der Waals surface area contributed by atoms with Gasteiger partial charge in [0.1, 0.15) is 5.75 Å². The average molecular weight is 537 g/mol. The Labute approximate surface area is 225 Å². The van der Waals surface area contributed by atoms with Crippen molar-refractivity contribution < 1.29 is 23.7 Å². The third-order valence-electron chi connectivity index (χ3n) is 5.89. The van der Waals surface area contributed by atoms with E-state index in [-0.39, 0.29) is 18.3 Å². The van der Waals surface area contributed by atoms with Gasteiger partial charge in [0, 0.05) is 5.56 Å². The maximum atomic E-state index is 13.9. The predicted octanol–water partition coefficient (Wildman–Crippen LogP) is 3.99. The molecule has 0 aliphatic carbocycles. The molecule has 0 radical (unpaired) electrons. The van der Waals surface area contributed by atoms with Gasteiger partial charge in [-0.3, -0.25) is 9.36 Å². The minimum atomic E-state index is -0.753. The summed E-state index contributed by atoms with van der Waals surface area (Å²) < 4.78 is 24.6. The topological polar surface area (TPSA) is 88.4 Å². The molecular formula is C29H32N2O6S. The van der Waals surface area contributed by atoms with E-state index < -0.39 is 12.0 Å². The van der Waals surface area contributed by atoms with Gasteiger partial charge in [-0.25, -0.2) is 9.79 Å². The second-order valence-corrected chi connectivity index (χ2v) is 9.86. The van der Waals surface area contributed by atoms with Gasteiger partial charge in [0.25, 0.3) is 5.56 Å². The average Bonchev–Trinajstić information content (AvgIpc) is 3.18. The predicted molar refractivity (Wildman–Crippen MR) is 147 cm³/mol. The zero-order chi connectivity index (χ0) is 27.4. The second kappa shape index (κ2) is 11.7. The van der Waals surface area contributed by atoms with Crippen molar-refractivity contribution in [1.82, 2.24) is 4.57 Å². The van der Waals surface area contributed by atoms with E-state index in [9.17, 15) is 9.59 Å². The van der Waals surface area contributed by atoms with E-state index in [1.54, 1.807) is 43.7 Å². The maximum absolute atomic E-state index is 13.9. The number of hydrogen-bond donors (Lipinski definition) is 0. The van der Waals surface area contributed by atoms with Gasteiger partial charge >= 0.3 is 5.97 Å². The Morgan fingerprint density at radius 1 is 1.11 bits per heavy atom. The molecule has 8 nitrogen and oxygen atoms in total. The Hall–Kier alpha value is -3.85. The number of hydrogen-bond acceptors (Lipinski definition) is 8. The molecule has 0 unspecified atom stereocenters. The van der Waals surface area contributed by atoms with Crippen molar-refractivity contribution in [2.24, 2.45) is 4.99 Å². The third-order valence-corrected chi connectivity index (χ3v) is 6.87. The number of nitrogens with zero attached hydrogens (tertiary/aromatic N) is 2. The Balaban J connectivity index is 1.94. The van der Waals surface area contributed by atoms with Gasteiger partial charge < -0.3 is 18.9 Å². The van der Waals surface area contributed by atoms with Crippen molar-refractivity contribution in [2.75, 3.05) is 20.3 Å². The Morgan fingerprint density at radius 2 is 1.87 bits per heavy atom. The Morgan fingerprint density at radius 3 is 2.55 bits per heavy atom. The van der Waals surface area contributed by atoms with Gasteiger partial charge in [0.2, 0.25) is 0 Å². The quantitative estimate of drug-likeness (QED) is 0.384. The number of rotatable bonds is 9. The first-order valence-electron chi connectivity index (χ1n) is 12.5. The number of thiazole rings is 1. The van der Waals surface area contributed by atoms with Crippen LogP contribution in [0.3, 0.4) is 0 Å². The summed E-state index contributed by atoms with van der Waals surface area (Å²) in [6.45, 7) is 9.98. The molecule has 1 aromatic heterocycles. The summed E-state index contributed by atoms with van der Waals surface area (Å²) in [7, 11) is 1.56. The van der Waals surface area contributed by atoms with E-state index in [4.69, 9.17) is 18.9 Å². The lowest BCUT2D eigenvalue weighted by Crippen LogP contribution is -2.40. The van der Waals surface area contributed by atoms with E-state index in [1.807, 2.05) is 51.1 Å². The molecule has 3 aromatic rings. The number of ether oxygens (including phenoxy) is 4. The number of esters is 1. The molecule has 0 N–H and O–H groups in total. The molecule has 4 rings (SSSR count). The summed E-state index contributed by atoms with van der Waals surface area (Å²) in [4.78, 5) is 32.2. The molecule has 0 bridgehead atoms. The number of methoxy groups -OCH3 is 1. The molecule has 0 fully saturated rings. The molecule has 1 atom stereocenters. The van der Waals surface area contributed by atoms with Crippen LogP contribution in [0.2, 0.25) is 0 Å². The highest BCUT2D eigenvalue weighted by molar-refractivity contribution is 7.07. The molecule has 0 saturated heterocycles. The number of carbonyl (C=O) groups excluding carboxylic acids is 1. The van der Waals surface area contributed by atoms with Crippen LogP contribution in [-0.4, -0.2) is 37.0 Å². The summed E-state index contributed by atoms with van der Waals surface area (Å²) in [5.74, 6) is 1.24. The highest BCUT2D eigenvalue weighted by atomic mass is 32.1. The van der Waals surface area contributed by atoms with Crippen molar-refractivity contribution in [2.45, 2.75) is 46.8 Å². The van der Waals surface area contributed by atoms with Gasteiger partial charge in [-0.05, 0) is 64.5 Å². The van der Waals surface area contributed by atoms with Gasteiger partial charge in [-0.15, -0.1) is 0 Å². The van der Waals surface area contributed by atoms with Gasteiger partial charge in [0.05, 0.1) is 48.3 Å². The van der Waals surface area contributed by atoms with Crippen molar-refractivity contribution >= 4 is 23.4 Å². The normalized spacial score (nSPS) is 15.2. The fourth-order valence-corrected chi connectivity index (χ4v) is 5.38. The SMILES string of the molecule is CCOC(=O)C1=C(C)N=c2s/c(=C/c3ccccc3OCC)c(=O)n2[C@@H]1c1ccc(OC(C)C)c(OC)c1. The Bertz CT molecular complexity index is 1550. The summed E-state index contributed by atoms with van der Waals surface area (Å²) in [6.07, 6.45) is 1.75. The maximum Gasteiger partial charge on any atom is 0.338 e. The lowest BCUT2D eigenvalue weighted by molar-refractivity contribution is -0.139. The number of aromatic nitrogens is 1. The van der Waals surface area contributed by atoms with Crippen LogP contribution < -0.4 is 29.1 Å². The molecule has 2 heterocycles.